The average molecular weight is 500 g/mol. The molecule has 0 aromatic heterocycles. The molecule has 8 heteroatoms. The molecule has 206 valence electrons. The summed E-state index contributed by atoms with van der Waals surface area (Å²) in [6.07, 6.45) is 12.3. The van der Waals surface area contributed by atoms with Crippen LogP contribution in [0.15, 0.2) is 0 Å². The second kappa shape index (κ2) is 16.1. The van der Waals surface area contributed by atoms with E-state index in [-0.39, 0.29) is 8.97 Å². The fourth-order valence-corrected chi connectivity index (χ4v) is 5.02. The van der Waals surface area contributed by atoms with Crippen LogP contribution in [-0.4, -0.2) is 87.2 Å². The number of nitrogens with one attached hydrogen (secondary N) is 1. The summed E-state index contributed by atoms with van der Waals surface area (Å²) in [5.74, 6) is -3.73. The molecule has 4 atom stereocenters. The van der Waals surface area contributed by atoms with Crippen molar-refractivity contribution in [2.24, 2.45) is 5.92 Å². The summed E-state index contributed by atoms with van der Waals surface area (Å²) in [6, 6.07) is -2.65. The van der Waals surface area contributed by atoms with E-state index in [1.54, 1.807) is 42.3 Å². The molecule has 0 rings (SSSR count). The van der Waals surface area contributed by atoms with Gasteiger partial charge in [0.15, 0.2) is 0 Å². The van der Waals surface area contributed by atoms with Crippen LogP contribution in [0.1, 0.15) is 90.9 Å². The van der Waals surface area contributed by atoms with E-state index in [0.29, 0.717) is 12.8 Å². The summed E-state index contributed by atoms with van der Waals surface area (Å²) in [5, 5.41) is 26.9. The lowest BCUT2D eigenvalue weighted by Crippen LogP contribution is -2.66. The van der Waals surface area contributed by atoms with Gasteiger partial charge in [-0.15, -0.1) is 0 Å². The number of amides is 1. The second-order valence-electron chi connectivity index (χ2n) is 11.9. The van der Waals surface area contributed by atoms with E-state index < -0.39 is 41.9 Å². The van der Waals surface area contributed by atoms with Gasteiger partial charge in [-0.3, -0.25) is 4.79 Å². The van der Waals surface area contributed by atoms with Gasteiger partial charge in [-0.05, 0) is 12.8 Å². The van der Waals surface area contributed by atoms with E-state index in [1.807, 2.05) is 6.92 Å². The summed E-state index contributed by atoms with van der Waals surface area (Å²) in [6.45, 7) is 4.02. The SMILES string of the molecule is CCCCCCCCCCCCC(C(=O)NC(CC)C(C(=O)[O-])[N+](C)(C)C)C(C(=O)[O-])[N+](C)(C)C. The van der Waals surface area contributed by atoms with Gasteiger partial charge in [0.25, 0.3) is 0 Å². The van der Waals surface area contributed by atoms with Crippen molar-refractivity contribution in [2.75, 3.05) is 42.3 Å². The lowest BCUT2D eigenvalue weighted by molar-refractivity contribution is -0.892. The maximum absolute atomic E-state index is 13.4. The Morgan fingerprint density at radius 3 is 1.40 bits per heavy atom. The number of carbonyl (C=O) groups excluding carboxylic acids is 3. The van der Waals surface area contributed by atoms with Crippen LogP contribution >= 0.6 is 0 Å². The molecule has 4 unspecified atom stereocenters. The molecular formula is C27H53N3O5. The molecule has 0 spiro atoms. The number of hydrogen-bond acceptors (Lipinski definition) is 5. The minimum Gasteiger partial charge on any atom is -0.544 e. The number of carbonyl (C=O) groups is 3. The zero-order valence-electron chi connectivity index (χ0n) is 23.7. The normalized spacial score (nSPS) is 15.8. The van der Waals surface area contributed by atoms with Gasteiger partial charge in [0.1, 0.15) is 24.0 Å². The maximum Gasteiger partial charge on any atom is 0.230 e. The van der Waals surface area contributed by atoms with E-state index in [1.165, 1.54) is 38.5 Å². The number of carboxylic acid groups (broad SMARTS) is 2. The molecule has 35 heavy (non-hydrogen) atoms. The number of aliphatic carboxylic acids is 2. The lowest BCUT2D eigenvalue weighted by atomic mass is 9.89. The number of hydrogen-bond donors (Lipinski definition) is 1. The Morgan fingerprint density at radius 1 is 0.657 bits per heavy atom. The third kappa shape index (κ3) is 12.7. The number of quaternary nitrogens is 2. The molecule has 0 fully saturated rings. The molecule has 0 saturated heterocycles. The summed E-state index contributed by atoms with van der Waals surface area (Å²) in [4.78, 5) is 37.4. The Hall–Kier alpha value is -1.67. The summed E-state index contributed by atoms with van der Waals surface area (Å²) in [5.41, 5.74) is 0. The average Bonchev–Trinajstić information content (AvgIpc) is 2.70. The van der Waals surface area contributed by atoms with E-state index in [2.05, 4.69) is 12.2 Å². The van der Waals surface area contributed by atoms with Gasteiger partial charge >= 0.3 is 0 Å². The zero-order valence-corrected chi connectivity index (χ0v) is 23.7. The van der Waals surface area contributed by atoms with Crippen LogP contribution in [-0.2, 0) is 14.4 Å². The standard InChI is InChI=1S/C27H53N3O5/c1-9-11-12-13-14-15-16-17-18-19-20-21(23(26(32)33)29(3,4)5)25(31)28-22(10-2)24(27(34)35)30(6,7)8/h21-24H,9-20H2,1-8H3,(H-2,28,31,32,33,34,35). The van der Waals surface area contributed by atoms with Gasteiger partial charge in [-0.25, -0.2) is 0 Å². The number of carboxylic acids is 2. The van der Waals surface area contributed by atoms with Crippen molar-refractivity contribution >= 4 is 17.8 Å². The highest BCUT2D eigenvalue weighted by molar-refractivity contribution is 5.86. The summed E-state index contributed by atoms with van der Waals surface area (Å²) < 4.78 is 0.137. The van der Waals surface area contributed by atoms with Crippen molar-refractivity contribution in [1.29, 1.82) is 0 Å². The Kier molecular flexibility index (Phi) is 15.4. The van der Waals surface area contributed by atoms with Crippen molar-refractivity contribution in [3.05, 3.63) is 0 Å². The molecular weight excluding hydrogens is 446 g/mol. The van der Waals surface area contributed by atoms with Crippen LogP contribution in [0.4, 0.5) is 0 Å². The van der Waals surface area contributed by atoms with Gasteiger partial charge in [0, 0.05) is 0 Å². The van der Waals surface area contributed by atoms with E-state index in [9.17, 15) is 24.6 Å². The van der Waals surface area contributed by atoms with Crippen LogP contribution in [0.25, 0.3) is 0 Å². The van der Waals surface area contributed by atoms with Gasteiger partial charge < -0.3 is 34.1 Å². The van der Waals surface area contributed by atoms with Gasteiger partial charge in [-0.2, -0.15) is 0 Å². The number of likely N-dealkylation sites (N-methyl/N-ethyl adjacent to an activating group) is 2. The number of unbranched alkanes of at least 4 members (excludes halogenated alkanes) is 9. The molecule has 0 aliphatic heterocycles. The van der Waals surface area contributed by atoms with Crippen LogP contribution in [0.5, 0.6) is 0 Å². The highest BCUT2D eigenvalue weighted by Gasteiger charge is 2.41. The predicted octanol–water partition coefficient (Wildman–Crippen LogP) is 1.46. The van der Waals surface area contributed by atoms with E-state index in [4.69, 9.17) is 0 Å². The van der Waals surface area contributed by atoms with Crippen molar-refractivity contribution in [3.8, 4) is 0 Å². The van der Waals surface area contributed by atoms with Crippen molar-refractivity contribution in [3.63, 3.8) is 0 Å². The summed E-state index contributed by atoms with van der Waals surface area (Å²) >= 11 is 0. The molecule has 0 radical (unpaired) electrons. The Bertz CT molecular complexity index is 640. The molecule has 0 aliphatic rings. The first-order valence-corrected chi connectivity index (χ1v) is 13.5. The molecule has 0 bridgehead atoms. The lowest BCUT2D eigenvalue weighted by Gasteiger charge is -2.42. The van der Waals surface area contributed by atoms with Crippen LogP contribution in [0.3, 0.4) is 0 Å². The number of rotatable bonds is 20. The summed E-state index contributed by atoms with van der Waals surface area (Å²) in [7, 11) is 10.5. The fraction of sp³-hybridized carbons (Fsp3) is 0.889. The highest BCUT2D eigenvalue weighted by atomic mass is 16.4. The molecule has 0 heterocycles. The monoisotopic (exact) mass is 499 g/mol. The van der Waals surface area contributed by atoms with Gasteiger partial charge in [0.05, 0.1) is 54.2 Å². The van der Waals surface area contributed by atoms with Crippen molar-refractivity contribution in [2.45, 2.75) is 109 Å². The van der Waals surface area contributed by atoms with E-state index >= 15 is 0 Å². The molecule has 0 aromatic rings. The van der Waals surface area contributed by atoms with Crippen LogP contribution < -0.4 is 15.5 Å². The second-order valence-corrected chi connectivity index (χ2v) is 11.9. The molecule has 0 saturated carbocycles. The largest absolute Gasteiger partial charge is 0.544 e. The number of nitrogens with zero attached hydrogens (tertiary/aromatic N) is 2. The quantitative estimate of drug-likeness (QED) is 0.201. The van der Waals surface area contributed by atoms with Crippen LogP contribution in [0, 0.1) is 5.92 Å². The maximum atomic E-state index is 13.4. The van der Waals surface area contributed by atoms with Crippen LogP contribution in [0.2, 0.25) is 0 Å². The third-order valence-electron chi connectivity index (χ3n) is 6.89. The fourth-order valence-electron chi connectivity index (χ4n) is 5.02. The molecule has 0 aliphatic carbocycles. The minimum atomic E-state index is -1.26. The van der Waals surface area contributed by atoms with E-state index in [0.717, 1.165) is 25.7 Å². The topological polar surface area (TPSA) is 109 Å². The third-order valence-corrected chi connectivity index (χ3v) is 6.89. The Labute approximate surface area is 214 Å². The predicted molar refractivity (Wildman–Crippen MR) is 136 cm³/mol. The Morgan fingerprint density at radius 2 is 1.06 bits per heavy atom. The zero-order chi connectivity index (χ0) is 27.2. The Balaban J connectivity index is 5.28. The van der Waals surface area contributed by atoms with Gasteiger partial charge in [-0.1, -0.05) is 78.1 Å². The first-order chi connectivity index (χ1) is 16.2. The molecule has 1 N–H and O–H groups in total. The molecule has 8 nitrogen and oxygen atoms in total. The molecule has 1 amide bonds. The van der Waals surface area contributed by atoms with Crippen molar-refractivity contribution < 1.29 is 33.6 Å². The minimum absolute atomic E-state index is 0.0498. The highest BCUT2D eigenvalue weighted by Crippen LogP contribution is 2.23. The van der Waals surface area contributed by atoms with Crippen molar-refractivity contribution in [1.82, 2.24) is 5.32 Å². The smallest absolute Gasteiger partial charge is 0.230 e. The first kappa shape index (κ1) is 33.3. The molecule has 0 aromatic carbocycles. The van der Waals surface area contributed by atoms with Gasteiger partial charge in [0.2, 0.25) is 5.91 Å². The first-order valence-electron chi connectivity index (χ1n) is 13.5.